The van der Waals surface area contributed by atoms with Crippen molar-refractivity contribution in [2.75, 3.05) is 53.1 Å². The third kappa shape index (κ3) is 7.72. The number of benzene rings is 1. The Kier molecular flexibility index (Phi) is 11.3. The molecule has 0 aromatic heterocycles. The summed E-state index contributed by atoms with van der Waals surface area (Å²) in [7, 11) is 1.89. The number of hydrogen-bond donors (Lipinski definition) is 1. The molecule has 0 bridgehead atoms. The molecule has 164 valence electrons. The van der Waals surface area contributed by atoms with E-state index in [9.17, 15) is 0 Å². The Hall–Kier alpha value is -0.860. The van der Waals surface area contributed by atoms with E-state index in [0.29, 0.717) is 17.8 Å². The quantitative estimate of drug-likeness (QED) is 0.257. The van der Waals surface area contributed by atoms with Crippen molar-refractivity contribution < 1.29 is 9.47 Å². The summed E-state index contributed by atoms with van der Waals surface area (Å²) in [6.07, 6.45) is 4.47. The van der Waals surface area contributed by atoms with Crippen molar-refractivity contribution in [3.63, 3.8) is 0 Å². The molecule has 1 N–H and O–H groups in total. The standard InChI is InChI=1S/C23H37N3O2.HI/c1-19-17-26(13-9-22(19)21-7-4-3-5-8-21)23(24-2)25-12-6-14-28-18-20-10-15-27-16-11-20;/h3-5,7-8,19-20,22H,6,9-18H2,1-2H3,(H,24,25);1H. The molecule has 2 saturated heterocycles. The lowest BCUT2D eigenvalue weighted by atomic mass is 9.82. The summed E-state index contributed by atoms with van der Waals surface area (Å²) in [4.78, 5) is 6.92. The summed E-state index contributed by atoms with van der Waals surface area (Å²) < 4.78 is 11.3. The van der Waals surface area contributed by atoms with E-state index in [1.54, 1.807) is 0 Å². The first-order chi connectivity index (χ1) is 13.8. The van der Waals surface area contributed by atoms with Crippen molar-refractivity contribution in [3.8, 4) is 0 Å². The number of rotatable bonds is 7. The first-order valence-electron chi connectivity index (χ1n) is 10.9. The second kappa shape index (κ2) is 13.4. The molecule has 2 atom stereocenters. The molecule has 0 spiro atoms. The maximum absolute atomic E-state index is 5.87. The van der Waals surface area contributed by atoms with Crippen LogP contribution in [0.4, 0.5) is 0 Å². The fraction of sp³-hybridized carbons (Fsp3) is 0.696. The van der Waals surface area contributed by atoms with Crippen molar-refractivity contribution in [2.45, 2.75) is 38.5 Å². The van der Waals surface area contributed by atoms with Gasteiger partial charge in [-0.3, -0.25) is 4.99 Å². The third-order valence-electron chi connectivity index (χ3n) is 6.09. The van der Waals surface area contributed by atoms with Gasteiger partial charge in [0.2, 0.25) is 0 Å². The van der Waals surface area contributed by atoms with E-state index in [0.717, 1.165) is 71.3 Å². The summed E-state index contributed by atoms with van der Waals surface area (Å²) in [5.74, 6) is 2.98. The first kappa shape index (κ1) is 24.4. The van der Waals surface area contributed by atoms with Gasteiger partial charge in [0.1, 0.15) is 0 Å². The summed E-state index contributed by atoms with van der Waals surface area (Å²) in [5.41, 5.74) is 1.47. The highest BCUT2D eigenvalue weighted by Crippen LogP contribution is 2.32. The Morgan fingerprint density at radius 1 is 1.21 bits per heavy atom. The van der Waals surface area contributed by atoms with Gasteiger partial charge in [0.05, 0.1) is 0 Å². The summed E-state index contributed by atoms with van der Waals surface area (Å²) in [5, 5.41) is 3.53. The zero-order valence-corrected chi connectivity index (χ0v) is 20.3. The first-order valence-corrected chi connectivity index (χ1v) is 10.9. The number of nitrogens with zero attached hydrogens (tertiary/aromatic N) is 2. The topological polar surface area (TPSA) is 46.1 Å². The average Bonchev–Trinajstić information content (AvgIpc) is 2.74. The van der Waals surface area contributed by atoms with Gasteiger partial charge in [0, 0.05) is 53.1 Å². The molecule has 1 aromatic rings. The van der Waals surface area contributed by atoms with Crippen molar-refractivity contribution in [1.82, 2.24) is 10.2 Å². The number of ether oxygens (including phenoxy) is 2. The predicted molar refractivity (Wildman–Crippen MR) is 130 cm³/mol. The van der Waals surface area contributed by atoms with Crippen LogP contribution < -0.4 is 5.32 Å². The normalized spacial score (nSPS) is 23.5. The number of aliphatic imine (C=N–C) groups is 1. The maximum atomic E-state index is 5.87. The van der Waals surface area contributed by atoms with E-state index < -0.39 is 0 Å². The zero-order valence-electron chi connectivity index (χ0n) is 18.0. The van der Waals surface area contributed by atoms with Crippen molar-refractivity contribution in [3.05, 3.63) is 35.9 Å². The molecule has 2 fully saturated rings. The summed E-state index contributed by atoms with van der Waals surface area (Å²) in [6.45, 7) is 8.87. The Bertz CT molecular complexity index is 593. The molecule has 5 nitrogen and oxygen atoms in total. The van der Waals surface area contributed by atoms with Gasteiger partial charge in [-0.05, 0) is 49.0 Å². The van der Waals surface area contributed by atoms with Crippen LogP contribution in [0.15, 0.2) is 35.3 Å². The summed E-state index contributed by atoms with van der Waals surface area (Å²) in [6, 6.07) is 10.9. The number of piperidine rings is 1. The molecule has 0 radical (unpaired) electrons. The third-order valence-corrected chi connectivity index (χ3v) is 6.09. The number of guanidine groups is 1. The average molecular weight is 515 g/mol. The minimum atomic E-state index is 0. The van der Waals surface area contributed by atoms with E-state index >= 15 is 0 Å². The lowest BCUT2D eigenvalue weighted by molar-refractivity contribution is 0.0203. The molecular weight excluding hydrogens is 477 g/mol. The van der Waals surface area contributed by atoms with Gasteiger partial charge in [-0.1, -0.05) is 37.3 Å². The van der Waals surface area contributed by atoms with Crippen LogP contribution in [-0.2, 0) is 9.47 Å². The monoisotopic (exact) mass is 515 g/mol. The van der Waals surface area contributed by atoms with Crippen molar-refractivity contribution in [2.24, 2.45) is 16.8 Å². The lowest BCUT2D eigenvalue weighted by Gasteiger charge is -2.39. The fourth-order valence-electron chi connectivity index (χ4n) is 4.40. The molecule has 2 aliphatic rings. The number of likely N-dealkylation sites (tertiary alicyclic amines) is 1. The van der Waals surface area contributed by atoms with Gasteiger partial charge in [-0.25, -0.2) is 0 Å². The van der Waals surface area contributed by atoms with E-state index in [1.165, 1.54) is 12.0 Å². The molecule has 29 heavy (non-hydrogen) atoms. The van der Waals surface area contributed by atoms with Crippen LogP contribution in [0.5, 0.6) is 0 Å². The van der Waals surface area contributed by atoms with Crippen LogP contribution in [0.25, 0.3) is 0 Å². The molecule has 6 heteroatoms. The molecule has 2 heterocycles. The highest BCUT2D eigenvalue weighted by Gasteiger charge is 2.28. The van der Waals surface area contributed by atoms with Gasteiger partial charge in [0.25, 0.3) is 0 Å². The minimum Gasteiger partial charge on any atom is -0.381 e. The van der Waals surface area contributed by atoms with E-state index in [2.05, 4.69) is 52.5 Å². The van der Waals surface area contributed by atoms with Crippen LogP contribution in [0.1, 0.15) is 44.1 Å². The Morgan fingerprint density at radius 3 is 2.66 bits per heavy atom. The predicted octanol–water partition coefficient (Wildman–Crippen LogP) is 4.14. The van der Waals surface area contributed by atoms with Crippen LogP contribution in [-0.4, -0.2) is 64.0 Å². The molecule has 2 aliphatic heterocycles. The minimum absolute atomic E-state index is 0. The van der Waals surface area contributed by atoms with Crippen LogP contribution >= 0.6 is 24.0 Å². The highest BCUT2D eigenvalue weighted by molar-refractivity contribution is 14.0. The largest absolute Gasteiger partial charge is 0.381 e. The molecule has 0 amide bonds. The van der Waals surface area contributed by atoms with Gasteiger partial charge in [-0.15, -0.1) is 24.0 Å². The van der Waals surface area contributed by atoms with Crippen molar-refractivity contribution in [1.29, 1.82) is 0 Å². The molecule has 0 saturated carbocycles. The number of nitrogens with one attached hydrogen (secondary N) is 1. The number of hydrogen-bond acceptors (Lipinski definition) is 3. The second-order valence-corrected chi connectivity index (χ2v) is 8.19. The van der Waals surface area contributed by atoms with Crippen LogP contribution in [0.3, 0.4) is 0 Å². The van der Waals surface area contributed by atoms with Gasteiger partial charge >= 0.3 is 0 Å². The Morgan fingerprint density at radius 2 is 1.97 bits per heavy atom. The second-order valence-electron chi connectivity index (χ2n) is 8.19. The Balaban J connectivity index is 0.00000300. The Labute approximate surface area is 193 Å². The highest BCUT2D eigenvalue weighted by atomic mass is 127. The molecule has 3 rings (SSSR count). The fourth-order valence-corrected chi connectivity index (χ4v) is 4.40. The van der Waals surface area contributed by atoms with Crippen LogP contribution in [0.2, 0.25) is 0 Å². The van der Waals surface area contributed by atoms with Gasteiger partial charge in [0.15, 0.2) is 5.96 Å². The molecular formula is C23H38IN3O2. The van der Waals surface area contributed by atoms with Crippen LogP contribution in [0, 0.1) is 11.8 Å². The molecule has 2 unspecified atom stereocenters. The molecule has 0 aliphatic carbocycles. The lowest BCUT2D eigenvalue weighted by Crippen LogP contribution is -2.48. The maximum Gasteiger partial charge on any atom is 0.193 e. The smallest absolute Gasteiger partial charge is 0.193 e. The molecule has 1 aromatic carbocycles. The van der Waals surface area contributed by atoms with Gasteiger partial charge in [-0.2, -0.15) is 0 Å². The number of halogens is 1. The van der Waals surface area contributed by atoms with Gasteiger partial charge < -0.3 is 19.7 Å². The van der Waals surface area contributed by atoms with E-state index in [4.69, 9.17) is 9.47 Å². The van der Waals surface area contributed by atoms with E-state index in [1.807, 2.05) is 7.05 Å². The van der Waals surface area contributed by atoms with Crippen molar-refractivity contribution >= 4 is 29.9 Å². The zero-order chi connectivity index (χ0) is 19.6. The van der Waals surface area contributed by atoms with E-state index in [-0.39, 0.29) is 24.0 Å². The summed E-state index contributed by atoms with van der Waals surface area (Å²) >= 11 is 0. The SMILES string of the molecule is CN=C(NCCCOCC1CCOCC1)N1CCC(c2ccccc2)C(C)C1.I.